The molecule has 7 aromatic carbocycles. The SMILES string of the molecule is Cc1ccc(-c2c(-c3ccccc3)c(-c3ccc(C)cc3)c(-c3ccc(-c4cc[n+](C)cc4)cc3)c(-c3ccc(C)cc3)c2-c2ccc(-c3cc[n+](C)cc3)cc2)cc1. The fraction of sp³-hybridized carbons (Fsp3) is 0.0877. The number of aromatic nitrogens is 2. The summed E-state index contributed by atoms with van der Waals surface area (Å²) in [5.41, 5.74) is 22.9. The van der Waals surface area contributed by atoms with Crippen LogP contribution in [0.5, 0.6) is 0 Å². The Hall–Kier alpha value is -7.16. The lowest BCUT2D eigenvalue weighted by atomic mass is 9.74. The summed E-state index contributed by atoms with van der Waals surface area (Å²) >= 11 is 0. The number of pyridine rings is 2. The molecule has 284 valence electrons. The summed E-state index contributed by atoms with van der Waals surface area (Å²) in [6.07, 6.45) is 8.44. The molecule has 0 spiro atoms. The standard InChI is InChI=1S/C57H48N2/c1-39-11-17-47(18-12-39)53-52(46-9-7-6-8-10-46)54(48-19-13-40(2)14-20-48)57(51-29-25-43(26-30-51)45-33-37-59(5)38-34-45)55(49-21-15-41(3)16-22-49)56(53)50-27-23-42(24-28-50)44-31-35-58(4)36-32-44/h6-38H,1-5H3/q+2. The monoisotopic (exact) mass is 760 g/mol. The van der Waals surface area contributed by atoms with Crippen molar-refractivity contribution in [2.24, 2.45) is 14.1 Å². The van der Waals surface area contributed by atoms with Crippen molar-refractivity contribution in [1.82, 2.24) is 0 Å². The summed E-state index contributed by atoms with van der Waals surface area (Å²) in [5, 5.41) is 0. The predicted molar refractivity (Wildman–Crippen MR) is 246 cm³/mol. The maximum absolute atomic E-state index is 2.33. The molecule has 0 radical (unpaired) electrons. The van der Waals surface area contributed by atoms with Crippen LogP contribution in [0.15, 0.2) is 201 Å². The van der Waals surface area contributed by atoms with Gasteiger partial charge in [0.1, 0.15) is 14.1 Å². The average Bonchev–Trinajstić information content (AvgIpc) is 3.27. The van der Waals surface area contributed by atoms with Gasteiger partial charge in [0, 0.05) is 24.3 Å². The third-order valence-corrected chi connectivity index (χ3v) is 11.6. The van der Waals surface area contributed by atoms with E-state index >= 15 is 0 Å². The Morgan fingerprint density at radius 2 is 0.424 bits per heavy atom. The van der Waals surface area contributed by atoms with E-state index in [9.17, 15) is 0 Å². The van der Waals surface area contributed by atoms with Crippen LogP contribution in [0.2, 0.25) is 0 Å². The van der Waals surface area contributed by atoms with Gasteiger partial charge in [-0.1, -0.05) is 168 Å². The van der Waals surface area contributed by atoms with Gasteiger partial charge in [-0.15, -0.1) is 0 Å². The van der Waals surface area contributed by atoms with E-state index < -0.39 is 0 Å². The smallest absolute Gasteiger partial charge is 0.169 e. The first-order valence-corrected chi connectivity index (χ1v) is 20.4. The van der Waals surface area contributed by atoms with Crippen molar-refractivity contribution in [2.45, 2.75) is 20.8 Å². The second-order valence-electron chi connectivity index (χ2n) is 15.9. The van der Waals surface area contributed by atoms with Crippen molar-refractivity contribution >= 4 is 0 Å². The lowest BCUT2D eigenvalue weighted by Crippen LogP contribution is -2.25. The first kappa shape index (κ1) is 37.4. The lowest BCUT2D eigenvalue weighted by molar-refractivity contribution is -0.671. The molecule has 2 heteroatoms. The minimum Gasteiger partial charge on any atom is -0.208 e. The highest BCUT2D eigenvalue weighted by molar-refractivity contribution is 6.15. The van der Waals surface area contributed by atoms with Crippen molar-refractivity contribution in [3.63, 3.8) is 0 Å². The molecule has 59 heavy (non-hydrogen) atoms. The van der Waals surface area contributed by atoms with Crippen molar-refractivity contribution in [2.75, 3.05) is 0 Å². The molecule has 0 atom stereocenters. The van der Waals surface area contributed by atoms with Crippen LogP contribution in [0.4, 0.5) is 0 Å². The summed E-state index contributed by atoms with van der Waals surface area (Å²) in [6.45, 7) is 6.51. The van der Waals surface area contributed by atoms with Gasteiger partial charge in [-0.05, 0) is 110 Å². The first-order chi connectivity index (χ1) is 28.8. The molecule has 0 N–H and O–H groups in total. The van der Waals surface area contributed by atoms with Crippen LogP contribution in [-0.2, 0) is 14.1 Å². The van der Waals surface area contributed by atoms with Gasteiger partial charge in [-0.2, -0.15) is 0 Å². The zero-order valence-electron chi connectivity index (χ0n) is 34.4. The molecule has 0 aliphatic rings. The van der Waals surface area contributed by atoms with Crippen molar-refractivity contribution in [1.29, 1.82) is 0 Å². The van der Waals surface area contributed by atoms with E-state index in [1.807, 2.05) is 0 Å². The topological polar surface area (TPSA) is 7.76 Å². The molecule has 2 aromatic heterocycles. The Balaban J connectivity index is 1.46. The largest absolute Gasteiger partial charge is 0.208 e. The van der Waals surface area contributed by atoms with E-state index in [4.69, 9.17) is 0 Å². The number of rotatable bonds is 8. The summed E-state index contributed by atoms with van der Waals surface area (Å²) in [7, 11) is 4.12. The van der Waals surface area contributed by atoms with Crippen LogP contribution in [0.1, 0.15) is 16.7 Å². The molecule has 9 rings (SSSR count). The van der Waals surface area contributed by atoms with Crippen LogP contribution >= 0.6 is 0 Å². The highest BCUT2D eigenvalue weighted by atomic mass is 14.9. The lowest BCUT2D eigenvalue weighted by Gasteiger charge is -2.29. The highest BCUT2D eigenvalue weighted by Crippen LogP contribution is 2.56. The van der Waals surface area contributed by atoms with Crippen LogP contribution in [0, 0.1) is 20.8 Å². The van der Waals surface area contributed by atoms with Gasteiger partial charge in [0.15, 0.2) is 24.8 Å². The van der Waals surface area contributed by atoms with E-state index in [1.165, 1.54) is 106 Å². The number of hydrogen-bond donors (Lipinski definition) is 0. The minimum atomic E-state index is 1.17. The fourth-order valence-electron chi connectivity index (χ4n) is 8.29. The highest BCUT2D eigenvalue weighted by Gasteiger charge is 2.29. The Morgan fingerprint density at radius 3 is 0.695 bits per heavy atom. The Kier molecular flexibility index (Phi) is 10.1. The molecule has 0 aliphatic carbocycles. The van der Waals surface area contributed by atoms with Crippen LogP contribution in [0.25, 0.3) is 89.0 Å². The molecule has 0 unspecified atom stereocenters. The zero-order valence-corrected chi connectivity index (χ0v) is 34.4. The maximum atomic E-state index is 2.33. The number of benzene rings is 7. The van der Waals surface area contributed by atoms with Crippen LogP contribution in [0.3, 0.4) is 0 Å². The van der Waals surface area contributed by atoms with E-state index in [0.29, 0.717) is 0 Å². The summed E-state index contributed by atoms with van der Waals surface area (Å²) in [5.74, 6) is 0. The van der Waals surface area contributed by atoms with Crippen LogP contribution < -0.4 is 9.13 Å². The summed E-state index contributed by atoms with van der Waals surface area (Å²) in [4.78, 5) is 0. The molecule has 9 aromatic rings. The Labute approximate surface area is 349 Å². The van der Waals surface area contributed by atoms with Crippen LogP contribution in [-0.4, -0.2) is 0 Å². The second kappa shape index (κ2) is 16.0. The van der Waals surface area contributed by atoms with Gasteiger partial charge in [-0.3, -0.25) is 0 Å². The molecule has 2 nitrogen and oxygen atoms in total. The van der Waals surface area contributed by atoms with Gasteiger partial charge < -0.3 is 0 Å². The quantitative estimate of drug-likeness (QED) is 0.136. The van der Waals surface area contributed by atoms with E-state index in [-0.39, 0.29) is 0 Å². The fourth-order valence-corrected chi connectivity index (χ4v) is 8.29. The zero-order chi connectivity index (χ0) is 40.5. The Bertz CT molecular complexity index is 2710. The van der Waals surface area contributed by atoms with Gasteiger partial charge in [0.05, 0.1) is 0 Å². The molecule has 0 saturated heterocycles. The predicted octanol–water partition coefficient (Wildman–Crippen LogP) is 13.6. The summed E-state index contributed by atoms with van der Waals surface area (Å²) in [6, 6.07) is 65.6. The average molecular weight is 761 g/mol. The van der Waals surface area contributed by atoms with E-state index in [2.05, 4.69) is 245 Å². The van der Waals surface area contributed by atoms with Crippen molar-refractivity contribution in [3.05, 3.63) is 217 Å². The maximum Gasteiger partial charge on any atom is 0.169 e. The number of hydrogen-bond acceptors (Lipinski definition) is 0. The number of aryl methyl sites for hydroxylation is 5. The molecule has 2 heterocycles. The van der Waals surface area contributed by atoms with Gasteiger partial charge in [0.2, 0.25) is 0 Å². The number of nitrogens with zero attached hydrogens (tertiary/aromatic N) is 2. The molecule has 0 bridgehead atoms. The third-order valence-electron chi connectivity index (χ3n) is 11.6. The molecular formula is C57H48N2+2. The second-order valence-corrected chi connectivity index (χ2v) is 15.9. The normalized spacial score (nSPS) is 11.1. The minimum absolute atomic E-state index is 1.17. The van der Waals surface area contributed by atoms with Crippen molar-refractivity contribution in [3.8, 4) is 89.0 Å². The molecule has 0 amide bonds. The van der Waals surface area contributed by atoms with Crippen molar-refractivity contribution < 1.29 is 9.13 Å². The molecule has 0 aliphatic heterocycles. The molecule has 0 saturated carbocycles. The third kappa shape index (κ3) is 7.54. The first-order valence-electron chi connectivity index (χ1n) is 20.4. The summed E-state index contributed by atoms with van der Waals surface area (Å²) < 4.78 is 4.16. The molecule has 0 fully saturated rings. The van der Waals surface area contributed by atoms with Gasteiger partial charge in [0.25, 0.3) is 0 Å². The van der Waals surface area contributed by atoms with Gasteiger partial charge in [-0.25, -0.2) is 9.13 Å². The van der Waals surface area contributed by atoms with E-state index in [0.717, 1.165) is 0 Å². The Morgan fingerprint density at radius 1 is 0.220 bits per heavy atom. The van der Waals surface area contributed by atoms with Gasteiger partial charge >= 0.3 is 0 Å². The van der Waals surface area contributed by atoms with E-state index in [1.54, 1.807) is 0 Å². The molecular weight excluding hydrogens is 713 g/mol.